The molecule has 2 rings (SSSR count). The quantitative estimate of drug-likeness (QED) is 0.611. The SMILES string of the molecule is O[C]1CC=Cc2cc(O)ccc21. The normalized spacial score (nSPS) is 16.1. The van der Waals surface area contributed by atoms with Crippen molar-refractivity contribution in [1.29, 1.82) is 0 Å². The molecule has 61 valence electrons. The van der Waals surface area contributed by atoms with Crippen LogP contribution in [0.2, 0.25) is 0 Å². The van der Waals surface area contributed by atoms with E-state index in [4.69, 9.17) is 5.11 Å². The van der Waals surface area contributed by atoms with Crippen molar-refractivity contribution in [1.82, 2.24) is 0 Å². The fourth-order valence-corrected chi connectivity index (χ4v) is 1.36. The van der Waals surface area contributed by atoms with E-state index >= 15 is 0 Å². The number of aromatic hydroxyl groups is 1. The summed E-state index contributed by atoms with van der Waals surface area (Å²) in [4.78, 5) is 0. The fraction of sp³-hybridized carbons (Fsp3) is 0.100. The second-order valence-corrected chi connectivity index (χ2v) is 2.82. The molecule has 0 amide bonds. The van der Waals surface area contributed by atoms with Crippen molar-refractivity contribution < 1.29 is 10.2 Å². The van der Waals surface area contributed by atoms with E-state index in [1.807, 2.05) is 12.2 Å². The zero-order valence-electron chi connectivity index (χ0n) is 6.49. The van der Waals surface area contributed by atoms with Crippen LogP contribution in [-0.4, -0.2) is 10.2 Å². The number of hydrogen-bond donors (Lipinski definition) is 2. The highest BCUT2D eigenvalue weighted by molar-refractivity contribution is 5.62. The summed E-state index contributed by atoms with van der Waals surface area (Å²) in [5.74, 6) is 0.230. The van der Waals surface area contributed by atoms with E-state index in [2.05, 4.69) is 0 Å². The van der Waals surface area contributed by atoms with Crippen LogP contribution in [0.25, 0.3) is 6.08 Å². The van der Waals surface area contributed by atoms with Gasteiger partial charge >= 0.3 is 0 Å². The molecule has 0 saturated carbocycles. The maximum absolute atomic E-state index is 9.44. The lowest BCUT2D eigenvalue weighted by atomic mass is 9.95. The topological polar surface area (TPSA) is 40.5 Å². The molecule has 0 atom stereocenters. The van der Waals surface area contributed by atoms with Crippen molar-refractivity contribution in [2.24, 2.45) is 0 Å². The van der Waals surface area contributed by atoms with Crippen molar-refractivity contribution in [2.75, 3.05) is 0 Å². The molecule has 0 heterocycles. The van der Waals surface area contributed by atoms with Gasteiger partial charge in [0.2, 0.25) is 0 Å². The van der Waals surface area contributed by atoms with Crippen LogP contribution in [0.3, 0.4) is 0 Å². The van der Waals surface area contributed by atoms with Crippen molar-refractivity contribution in [2.45, 2.75) is 6.42 Å². The first-order chi connectivity index (χ1) is 5.77. The van der Waals surface area contributed by atoms with Crippen LogP contribution in [0.5, 0.6) is 5.75 Å². The highest BCUT2D eigenvalue weighted by Crippen LogP contribution is 2.28. The Hall–Kier alpha value is -1.28. The Balaban J connectivity index is 2.55. The molecular weight excluding hydrogens is 152 g/mol. The maximum atomic E-state index is 9.44. The number of rotatable bonds is 0. The Morgan fingerprint density at radius 2 is 2.00 bits per heavy atom. The molecular formula is C10H9O2. The van der Waals surface area contributed by atoms with E-state index in [9.17, 15) is 5.11 Å². The third-order valence-corrected chi connectivity index (χ3v) is 1.95. The largest absolute Gasteiger partial charge is 0.508 e. The lowest BCUT2D eigenvalue weighted by Crippen LogP contribution is -2.02. The van der Waals surface area contributed by atoms with Crippen LogP contribution in [0.4, 0.5) is 0 Å². The standard InChI is InChI=1S/C10H9O2/c11-8-4-5-9-7(6-8)2-1-3-10(9)12/h1-2,4-6,11-12H,3H2. The van der Waals surface area contributed by atoms with E-state index in [0.29, 0.717) is 12.5 Å². The third-order valence-electron chi connectivity index (χ3n) is 1.95. The van der Waals surface area contributed by atoms with Crippen molar-refractivity contribution in [3.8, 4) is 5.75 Å². The molecule has 2 N–H and O–H groups in total. The molecule has 1 aromatic carbocycles. The van der Waals surface area contributed by atoms with Crippen LogP contribution in [0, 0.1) is 6.10 Å². The van der Waals surface area contributed by atoms with E-state index in [-0.39, 0.29) is 5.75 Å². The minimum Gasteiger partial charge on any atom is -0.508 e. The van der Waals surface area contributed by atoms with Crippen LogP contribution in [-0.2, 0) is 0 Å². The molecule has 0 fully saturated rings. The Morgan fingerprint density at radius 1 is 1.17 bits per heavy atom. The van der Waals surface area contributed by atoms with Gasteiger partial charge in [0.1, 0.15) is 11.9 Å². The number of phenols is 1. The number of hydrogen-bond acceptors (Lipinski definition) is 2. The van der Waals surface area contributed by atoms with Crippen LogP contribution < -0.4 is 0 Å². The first-order valence-electron chi connectivity index (χ1n) is 3.82. The number of aliphatic hydroxyl groups excluding tert-OH is 1. The highest BCUT2D eigenvalue weighted by Gasteiger charge is 2.14. The smallest absolute Gasteiger partial charge is 0.127 e. The molecule has 12 heavy (non-hydrogen) atoms. The van der Waals surface area contributed by atoms with Gasteiger partial charge in [0.05, 0.1) is 0 Å². The number of phenolic OH excluding ortho intramolecular Hbond substituents is 1. The molecule has 1 aliphatic rings. The maximum Gasteiger partial charge on any atom is 0.127 e. The summed E-state index contributed by atoms with van der Waals surface area (Å²) in [5.41, 5.74) is 1.69. The summed E-state index contributed by atoms with van der Waals surface area (Å²) in [6.07, 6.45) is 4.72. The average Bonchev–Trinajstić information content (AvgIpc) is 2.04. The van der Waals surface area contributed by atoms with Gasteiger partial charge in [-0.1, -0.05) is 18.2 Å². The summed E-state index contributed by atoms with van der Waals surface area (Å²) >= 11 is 0. The molecule has 1 radical (unpaired) electrons. The van der Waals surface area contributed by atoms with Crippen LogP contribution >= 0.6 is 0 Å². The van der Waals surface area contributed by atoms with Gasteiger partial charge in [-0.15, -0.1) is 0 Å². The average molecular weight is 161 g/mol. The molecule has 0 aromatic heterocycles. The van der Waals surface area contributed by atoms with Crippen LogP contribution in [0.1, 0.15) is 17.5 Å². The van der Waals surface area contributed by atoms with Gasteiger partial charge in [0.25, 0.3) is 0 Å². The summed E-state index contributed by atoms with van der Waals surface area (Å²) in [6.45, 7) is 0. The molecule has 0 aliphatic heterocycles. The molecule has 1 aliphatic carbocycles. The molecule has 2 heteroatoms. The third kappa shape index (κ3) is 1.10. The minimum absolute atomic E-state index is 0.230. The van der Waals surface area contributed by atoms with E-state index in [0.717, 1.165) is 11.1 Å². The van der Waals surface area contributed by atoms with Gasteiger partial charge in [0.15, 0.2) is 0 Å². The fourth-order valence-electron chi connectivity index (χ4n) is 1.36. The molecule has 2 nitrogen and oxygen atoms in total. The van der Waals surface area contributed by atoms with E-state index in [1.54, 1.807) is 18.2 Å². The molecule has 0 bridgehead atoms. The van der Waals surface area contributed by atoms with Crippen molar-refractivity contribution >= 4 is 6.08 Å². The Kier molecular flexibility index (Phi) is 1.62. The monoisotopic (exact) mass is 161 g/mol. The molecule has 0 unspecified atom stereocenters. The Bertz CT molecular complexity index is 329. The summed E-state index contributed by atoms with van der Waals surface area (Å²) in [7, 11) is 0. The number of aliphatic hydroxyl groups is 1. The van der Waals surface area contributed by atoms with Gasteiger partial charge in [0, 0.05) is 6.42 Å². The second-order valence-electron chi connectivity index (χ2n) is 2.82. The lowest BCUT2D eigenvalue weighted by Gasteiger charge is -2.15. The first-order valence-corrected chi connectivity index (χ1v) is 3.82. The lowest BCUT2D eigenvalue weighted by molar-refractivity contribution is 0.324. The Labute approximate surface area is 70.8 Å². The minimum atomic E-state index is 0.230. The van der Waals surface area contributed by atoms with Crippen molar-refractivity contribution in [3.63, 3.8) is 0 Å². The van der Waals surface area contributed by atoms with Crippen molar-refractivity contribution in [3.05, 3.63) is 41.5 Å². The molecule has 0 spiro atoms. The second kappa shape index (κ2) is 2.64. The summed E-state index contributed by atoms with van der Waals surface area (Å²) in [5, 5.41) is 18.6. The predicted molar refractivity (Wildman–Crippen MR) is 46.0 cm³/mol. The predicted octanol–water partition coefficient (Wildman–Crippen LogP) is 2.06. The zero-order valence-corrected chi connectivity index (χ0v) is 6.49. The molecule has 0 saturated heterocycles. The first kappa shape index (κ1) is 7.37. The summed E-state index contributed by atoms with van der Waals surface area (Å²) in [6, 6.07) is 4.94. The summed E-state index contributed by atoms with van der Waals surface area (Å²) < 4.78 is 0. The van der Waals surface area contributed by atoms with Gasteiger partial charge in [-0.2, -0.15) is 0 Å². The van der Waals surface area contributed by atoms with Gasteiger partial charge < -0.3 is 10.2 Å². The number of fused-ring (bicyclic) bond motifs is 1. The highest BCUT2D eigenvalue weighted by atomic mass is 16.3. The zero-order chi connectivity index (χ0) is 8.55. The molecule has 1 aromatic rings. The van der Waals surface area contributed by atoms with Gasteiger partial charge in [-0.3, -0.25) is 0 Å². The van der Waals surface area contributed by atoms with E-state index in [1.165, 1.54) is 0 Å². The van der Waals surface area contributed by atoms with Crippen LogP contribution in [0.15, 0.2) is 24.3 Å². The van der Waals surface area contributed by atoms with E-state index < -0.39 is 0 Å². The van der Waals surface area contributed by atoms with Gasteiger partial charge in [-0.25, -0.2) is 0 Å². The number of benzene rings is 1. The van der Waals surface area contributed by atoms with Gasteiger partial charge in [-0.05, 0) is 23.3 Å². The Morgan fingerprint density at radius 3 is 2.83 bits per heavy atom.